The van der Waals surface area contributed by atoms with E-state index >= 15 is 0 Å². The minimum atomic E-state index is 0.988. The van der Waals surface area contributed by atoms with Crippen molar-refractivity contribution in [3.8, 4) is 0 Å². The molecule has 0 atom stereocenters. The third-order valence-corrected chi connectivity index (χ3v) is 1.86. The minimum absolute atomic E-state index is 0.988. The van der Waals surface area contributed by atoms with E-state index < -0.39 is 0 Å². The zero-order valence-corrected chi connectivity index (χ0v) is 7.43. The van der Waals surface area contributed by atoms with Crippen molar-refractivity contribution >= 4 is 21.7 Å². The second-order valence-electron chi connectivity index (χ2n) is 1.74. The van der Waals surface area contributed by atoms with Gasteiger partial charge in [-0.05, 0) is 23.7 Å². The molecule has 0 aliphatic carbocycles. The SMILES string of the molecule is CC.c1ccc2snnc2c1. The molecule has 2 aromatic rings. The van der Waals surface area contributed by atoms with Gasteiger partial charge in [-0.3, -0.25) is 0 Å². The summed E-state index contributed by atoms with van der Waals surface area (Å²) in [5, 5.41) is 3.89. The van der Waals surface area contributed by atoms with E-state index in [1.165, 1.54) is 11.5 Å². The molecule has 0 radical (unpaired) electrons. The molecule has 0 spiro atoms. The molecule has 2 nitrogen and oxygen atoms in total. The summed E-state index contributed by atoms with van der Waals surface area (Å²) in [7, 11) is 0. The van der Waals surface area contributed by atoms with Crippen LogP contribution in [0.3, 0.4) is 0 Å². The van der Waals surface area contributed by atoms with Crippen LogP contribution >= 0.6 is 11.5 Å². The van der Waals surface area contributed by atoms with Crippen molar-refractivity contribution in [1.29, 1.82) is 0 Å². The minimum Gasteiger partial charge on any atom is -0.138 e. The second kappa shape index (κ2) is 4.03. The molecule has 0 aliphatic heterocycles. The fraction of sp³-hybridized carbons (Fsp3) is 0.250. The maximum absolute atomic E-state index is 3.89. The van der Waals surface area contributed by atoms with Crippen molar-refractivity contribution in [3.63, 3.8) is 0 Å². The normalized spacial score (nSPS) is 8.91. The van der Waals surface area contributed by atoms with E-state index in [0.29, 0.717) is 0 Å². The van der Waals surface area contributed by atoms with Crippen LogP contribution in [0.15, 0.2) is 24.3 Å². The Morgan fingerprint density at radius 1 is 1.18 bits per heavy atom. The quantitative estimate of drug-likeness (QED) is 0.601. The Balaban J connectivity index is 0.000000281. The molecule has 1 heterocycles. The number of hydrogen-bond acceptors (Lipinski definition) is 3. The largest absolute Gasteiger partial charge is 0.138 e. The van der Waals surface area contributed by atoms with Gasteiger partial charge in [0.15, 0.2) is 0 Å². The number of fused-ring (bicyclic) bond motifs is 1. The van der Waals surface area contributed by atoms with Crippen LogP contribution in [0, 0.1) is 0 Å². The molecule has 0 saturated carbocycles. The lowest BCUT2D eigenvalue weighted by Gasteiger charge is -1.78. The third kappa shape index (κ3) is 1.74. The van der Waals surface area contributed by atoms with Gasteiger partial charge in [0.2, 0.25) is 0 Å². The van der Waals surface area contributed by atoms with E-state index in [2.05, 4.69) is 9.59 Å². The van der Waals surface area contributed by atoms with Crippen molar-refractivity contribution in [3.05, 3.63) is 24.3 Å². The highest BCUT2D eigenvalue weighted by Crippen LogP contribution is 2.12. The Bertz CT molecular complexity index is 286. The molecule has 58 valence electrons. The summed E-state index contributed by atoms with van der Waals surface area (Å²) < 4.78 is 4.94. The summed E-state index contributed by atoms with van der Waals surface area (Å²) in [6, 6.07) is 7.92. The second-order valence-corrected chi connectivity index (χ2v) is 2.53. The summed E-state index contributed by atoms with van der Waals surface area (Å²) in [5.74, 6) is 0. The first-order valence-corrected chi connectivity index (χ1v) is 4.41. The fourth-order valence-corrected chi connectivity index (χ4v) is 1.28. The van der Waals surface area contributed by atoms with Gasteiger partial charge in [0.05, 0.1) is 4.70 Å². The molecule has 0 aliphatic rings. The van der Waals surface area contributed by atoms with Crippen molar-refractivity contribution in [1.82, 2.24) is 9.59 Å². The van der Waals surface area contributed by atoms with Crippen molar-refractivity contribution in [2.75, 3.05) is 0 Å². The molecule has 0 N–H and O–H groups in total. The Kier molecular flexibility index (Phi) is 2.98. The standard InChI is InChI=1S/C6H4N2S.C2H6/c1-2-4-6-5(3-1)7-8-9-6;1-2/h1-4H;1-2H3. The molecular weight excluding hydrogens is 156 g/mol. The van der Waals surface area contributed by atoms with Crippen LogP contribution < -0.4 is 0 Å². The number of hydrogen-bond donors (Lipinski definition) is 0. The lowest BCUT2D eigenvalue weighted by Crippen LogP contribution is -1.63. The van der Waals surface area contributed by atoms with Gasteiger partial charge < -0.3 is 0 Å². The molecular formula is C8H10N2S. The Labute approximate surface area is 70.0 Å². The summed E-state index contributed by atoms with van der Waals surface area (Å²) in [6.07, 6.45) is 0. The van der Waals surface area contributed by atoms with Crippen LogP contribution in [0.4, 0.5) is 0 Å². The first kappa shape index (κ1) is 8.14. The van der Waals surface area contributed by atoms with Gasteiger partial charge in [-0.2, -0.15) is 0 Å². The zero-order chi connectivity index (χ0) is 8.10. The summed E-state index contributed by atoms with van der Waals surface area (Å²) >= 11 is 1.43. The van der Waals surface area contributed by atoms with E-state index in [-0.39, 0.29) is 0 Å². The molecule has 2 rings (SSSR count). The van der Waals surface area contributed by atoms with Crippen molar-refractivity contribution in [2.24, 2.45) is 0 Å². The number of rotatable bonds is 0. The van der Waals surface area contributed by atoms with Gasteiger partial charge in [0, 0.05) is 0 Å². The first-order chi connectivity index (χ1) is 5.47. The van der Waals surface area contributed by atoms with Crippen LogP contribution in [0.25, 0.3) is 10.2 Å². The fourth-order valence-electron chi connectivity index (χ4n) is 0.725. The Hall–Kier alpha value is -0.960. The molecule has 0 fully saturated rings. The van der Waals surface area contributed by atoms with Crippen LogP contribution in [0.1, 0.15) is 13.8 Å². The van der Waals surface area contributed by atoms with E-state index in [4.69, 9.17) is 0 Å². The molecule has 11 heavy (non-hydrogen) atoms. The first-order valence-electron chi connectivity index (χ1n) is 3.64. The average Bonchev–Trinajstić information content (AvgIpc) is 2.55. The van der Waals surface area contributed by atoms with Gasteiger partial charge in [-0.1, -0.05) is 30.5 Å². The topological polar surface area (TPSA) is 25.8 Å². The van der Waals surface area contributed by atoms with E-state index in [1.54, 1.807) is 0 Å². The molecule has 0 unspecified atom stereocenters. The molecule has 0 saturated heterocycles. The summed E-state index contributed by atoms with van der Waals surface area (Å²) in [5.41, 5.74) is 0.988. The Morgan fingerprint density at radius 2 is 1.91 bits per heavy atom. The summed E-state index contributed by atoms with van der Waals surface area (Å²) in [4.78, 5) is 0. The molecule has 1 aromatic carbocycles. The molecule has 1 aromatic heterocycles. The van der Waals surface area contributed by atoms with Gasteiger partial charge in [-0.15, -0.1) is 5.10 Å². The van der Waals surface area contributed by atoms with E-state index in [0.717, 1.165) is 10.2 Å². The number of nitrogens with zero attached hydrogens (tertiary/aromatic N) is 2. The monoisotopic (exact) mass is 166 g/mol. The lowest BCUT2D eigenvalue weighted by atomic mass is 10.3. The highest BCUT2D eigenvalue weighted by atomic mass is 32.1. The van der Waals surface area contributed by atoms with Crippen molar-refractivity contribution in [2.45, 2.75) is 13.8 Å². The van der Waals surface area contributed by atoms with Gasteiger partial charge in [-0.25, -0.2) is 0 Å². The maximum Gasteiger partial charge on any atom is 0.105 e. The average molecular weight is 166 g/mol. The number of benzene rings is 1. The van der Waals surface area contributed by atoms with Crippen LogP contribution in [-0.4, -0.2) is 9.59 Å². The molecule has 0 bridgehead atoms. The van der Waals surface area contributed by atoms with Gasteiger partial charge in [0.1, 0.15) is 5.52 Å². The predicted octanol–water partition coefficient (Wildman–Crippen LogP) is 2.72. The zero-order valence-electron chi connectivity index (χ0n) is 6.61. The van der Waals surface area contributed by atoms with Crippen LogP contribution in [-0.2, 0) is 0 Å². The van der Waals surface area contributed by atoms with Gasteiger partial charge >= 0.3 is 0 Å². The highest BCUT2D eigenvalue weighted by Gasteiger charge is 1.91. The van der Waals surface area contributed by atoms with E-state index in [1.807, 2.05) is 38.1 Å². The predicted molar refractivity (Wildman–Crippen MR) is 48.8 cm³/mol. The van der Waals surface area contributed by atoms with E-state index in [9.17, 15) is 0 Å². The third-order valence-electron chi connectivity index (χ3n) is 1.15. The highest BCUT2D eigenvalue weighted by molar-refractivity contribution is 7.12. The summed E-state index contributed by atoms with van der Waals surface area (Å²) in [6.45, 7) is 4.00. The molecule has 3 heteroatoms. The van der Waals surface area contributed by atoms with Crippen LogP contribution in [0.5, 0.6) is 0 Å². The number of aromatic nitrogens is 2. The maximum atomic E-state index is 3.89. The van der Waals surface area contributed by atoms with Gasteiger partial charge in [0.25, 0.3) is 0 Å². The van der Waals surface area contributed by atoms with Crippen molar-refractivity contribution < 1.29 is 0 Å². The lowest BCUT2D eigenvalue weighted by molar-refractivity contribution is 1.20. The Morgan fingerprint density at radius 3 is 2.64 bits per heavy atom. The molecule has 0 amide bonds. The smallest absolute Gasteiger partial charge is 0.105 e. The van der Waals surface area contributed by atoms with Crippen LogP contribution in [0.2, 0.25) is 0 Å².